The van der Waals surface area contributed by atoms with Gasteiger partial charge in [0.05, 0.1) is 4.90 Å². The lowest BCUT2D eigenvalue weighted by Crippen LogP contribution is -2.13. The highest BCUT2D eigenvalue weighted by atomic mass is 127. The molecule has 0 saturated carbocycles. The first kappa shape index (κ1) is 14.1. The van der Waals surface area contributed by atoms with Gasteiger partial charge in [-0.3, -0.25) is 4.72 Å². The van der Waals surface area contributed by atoms with Crippen LogP contribution in [0.15, 0.2) is 47.4 Å². The van der Waals surface area contributed by atoms with Gasteiger partial charge in [-0.25, -0.2) is 8.42 Å². The summed E-state index contributed by atoms with van der Waals surface area (Å²) in [6, 6.07) is 11.8. The van der Waals surface area contributed by atoms with Gasteiger partial charge in [-0.2, -0.15) is 0 Å². The fourth-order valence-electron chi connectivity index (χ4n) is 1.55. The van der Waals surface area contributed by atoms with Crippen molar-refractivity contribution in [2.24, 2.45) is 0 Å². The van der Waals surface area contributed by atoms with Crippen LogP contribution in [-0.2, 0) is 10.0 Å². The molecule has 0 aromatic heterocycles. The van der Waals surface area contributed by atoms with Crippen molar-refractivity contribution in [3.8, 4) is 0 Å². The predicted octanol–water partition coefficient (Wildman–Crippen LogP) is 2.98. The molecule has 0 aliphatic heterocycles. The first-order chi connectivity index (χ1) is 8.88. The van der Waals surface area contributed by atoms with Crippen molar-refractivity contribution in [2.45, 2.75) is 11.8 Å². The molecule has 0 atom stereocenters. The molecule has 3 N–H and O–H groups in total. The Balaban J connectivity index is 2.32. The van der Waals surface area contributed by atoms with E-state index in [1.54, 1.807) is 31.2 Å². The summed E-state index contributed by atoms with van der Waals surface area (Å²) in [5.41, 5.74) is 7.54. The minimum absolute atomic E-state index is 0.206. The summed E-state index contributed by atoms with van der Waals surface area (Å²) in [5, 5.41) is 0. The molecule has 0 fully saturated rings. The number of anilines is 2. The Hall–Kier alpha value is -1.28. The van der Waals surface area contributed by atoms with Crippen LogP contribution in [0.5, 0.6) is 0 Å². The maximum Gasteiger partial charge on any atom is 0.261 e. The number of hydrogen-bond donors (Lipinski definition) is 2. The summed E-state index contributed by atoms with van der Waals surface area (Å²) in [5.74, 6) is 0. The molecule has 0 saturated heterocycles. The Kier molecular flexibility index (Phi) is 4.00. The van der Waals surface area contributed by atoms with Crippen molar-refractivity contribution in [1.29, 1.82) is 0 Å². The highest BCUT2D eigenvalue weighted by molar-refractivity contribution is 14.1. The van der Waals surface area contributed by atoms with Crippen LogP contribution in [0.25, 0.3) is 0 Å². The van der Waals surface area contributed by atoms with Gasteiger partial charge < -0.3 is 5.73 Å². The van der Waals surface area contributed by atoms with E-state index in [2.05, 4.69) is 27.3 Å². The maximum absolute atomic E-state index is 12.2. The molecule has 0 aliphatic rings. The summed E-state index contributed by atoms with van der Waals surface area (Å²) >= 11 is 2.16. The van der Waals surface area contributed by atoms with Crippen LogP contribution in [0.3, 0.4) is 0 Å². The van der Waals surface area contributed by atoms with Gasteiger partial charge in [-0.15, -0.1) is 0 Å². The second kappa shape index (κ2) is 5.38. The molecule has 0 radical (unpaired) electrons. The van der Waals surface area contributed by atoms with Gasteiger partial charge in [0.1, 0.15) is 0 Å². The first-order valence-electron chi connectivity index (χ1n) is 5.53. The Morgan fingerprint density at radius 3 is 2.32 bits per heavy atom. The average Bonchev–Trinajstić information content (AvgIpc) is 2.35. The topological polar surface area (TPSA) is 72.2 Å². The molecule has 0 aliphatic carbocycles. The number of sulfonamides is 1. The van der Waals surface area contributed by atoms with Crippen molar-refractivity contribution in [3.05, 3.63) is 51.6 Å². The molecule has 0 heterocycles. The third-order valence-corrected chi connectivity index (χ3v) is 4.75. The largest absolute Gasteiger partial charge is 0.399 e. The molecule has 0 bridgehead atoms. The summed E-state index contributed by atoms with van der Waals surface area (Å²) in [4.78, 5) is 0.206. The Morgan fingerprint density at radius 2 is 1.74 bits per heavy atom. The minimum atomic E-state index is -3.57. The van der Waals surface area contributed by atoms with E-state index in [9.17, 15) is 8.42 Å². The molecule has 2 rings (SSSR count). The molecule has 2 aromatic carbocycles. The van der Waals surface area contributed by atoms with Crippen LogP contribution < -0.4 is 10.5 Å². The van der Waals surface area contributed by atoms with Gasteiger partial charge in [-0.1, -0.05) is 0 Å². The van der Waals surface area contributed by atoms with Gasteiger partial charge in [0.15, 0.2) is 0 Å². The number of hydrogen-bond acceptors (Lipinski definition) is 3. The van der Waals surface area contributed by atoms with Crippen molar-refractivity contribution >= 4 is 44.0 Å². The maximum atomic E-state index is 12.2. The van der Waals surface area contributed by atoms with E-state index in [-0.39, 0.29) is 4.90 Å². The van der Waals surface area contributed by atoms with Crippen molar-refractivity contribution < 1.29 is 8.42 Å². The van der Waals surface area contributed by atoms with Gasteiger partial charge in [0.25, 0.3) is 10.0 Å². The average molecular weight is 388 g/mol. The van der Waals surface area contributed by atoms with E-state index in [1.807, 2.05) is 12.1 Å². The normalized spacial score (nSPS) is 11.3. The number of nitrogens with two attached hydrogens (primary N) is 1. The first-order valence-corrected chi connectivity index (χ1v) is 8.09. The summed E-state index contributed by atoms with van der Waals surface area (Å²) in [6.45, 7) is 1.78. The summed E-state index contributed by atoms with van der Waals surface area (Å²) in [7, 11) is -3.57. The standard InChI is InChI=1S/C13H13IN2O2S/c1-9-8-12(6-7-13(9)15)19(17,18)16-11-4-2-10(14)3-5-11/h2-8,16H,15H2,1H3. The zero-order valence-corrected chi connectivity index (χ0v) is 13.2. The SMILES string of the molecule is Cc1cc(S(=O)(=O)Nc2ccc(I)cc2)ccc1N. The molecule has 19 heavy (non-hydrogen) atoms. The second-order valence-electron chi connectivity index (χ2n) is 4.13. The number of halogens is 1. The molecule has 100 valence electrons. The quantitative estimate of drug-likeness (QED) is 0.627. The molecule has 0 unspecified atom stereocenters. The smallest absolute Gasteiger partial charge is 0.261 e. The van der Waals surface area contributed by atoms with E-state index in [4.69, 9.17) is 5.73 Å². The van der Waals surface area contributed by atoms with E-state index >= 15 is 0 Å². The molecule has 2 aromatic rings. The summed E-state index contributed by atoms with van der Waals surface area (Å²) in [6.07, 6.45) is 0. The van der Waals surface area contributed by atoms with E-state index < -0.39 is 10.0 Å². The Bertz CT molecular complexity index is 697. The van der Waals surface area contributed by atoms with Gasteiger partial charge in [0, 0.05) is 14.9 Å². The lowest BCUT2D eigenvalue weighted by atomic mass is 10.2. The van der Waals surface area contributed by atoms with Gasteiger partial charge in [-0.05, 0) is 77.5 Å². The molecule has 0 spiro atoms. The molecule has 0 amide bonds. The van der Waals surface area contributed by atoms with Crippen LogP contribution in [0.4, 0.5) is 11.4 Å². The molecule has 4 nitrogen and oxygen atoms in total. The molecular formula is C13H13IN2O2S. The number of nitrogens with one attached hydrogen (secondary N) is 1. The zero-order valence-electron chi connectivity index (χ0n) is 10.2. The lowest BCUT2D eigenvalue weighted by Gasteiger charge is -2.09. The summed E-state index contributed by atoms with van der Waals surface area (Å²) < 4.78 is 28.0. The number of nitrogen functional groups attached to an aromatic ring is 1. The fraction of sp³-hybridized carbons (Fsp3) is 0.0769. The molecular weight excluding hydrogens is 375 g/mol. The fourth-order valence-corrected chi connectivity index (χ4v) is 3.05. The van der Waals surface area contributed by atoms with Crippen LogP contribution in [-0.4, -0.2) is 8.42 Å². The zero-order chi connectivity index (χ0) is 14.0. The number of aryl methyl sites for hydroxylation is 1. The van der Waals surface area contributed by atoms with Crippen LogP contribution in [0, 0.1) is 10.5 Å². The predicted molar refractivity (Wildman–Crippen MR) is 85.6 cm³/mol. The van der Waals surface area contributed by atoms with Crippen LogP contribution in [0.2, 0.25) is 0 Å². The highest BCUT2D eigenvalue weighted by Gasteiger charge is 2.14. The van der Waals surface area contributed by atoms with Crippen molar-refractivity contribution in [2.75, 3.05) is 10.5 Å². The van der Waals surface area contributed by atoms with Crippen molar-refractivity contribution in [3.63, 3.8) is 0 Å². The second-order valence-corrected chi connectivity index (χ2v) is 7.06. The molecule has 6 heteroatoms. The third-order valence-electron chi connectivity index (χ3n) is 2.65. The monoisotopic (exact) mass is 388 g/mol. The number of benzene rings is 2. The lowest BCUT2D eigenvalue weighted by molar-refractivity contribution is 0.601. The van der Waals surface area contributed by atoms with E-state index in [0.717, 1.165) is 9.13 Å². The van der Waals surface area contributed by atoms with E-state index in [1.165, 1.54) is 6.07 Å². The van der Waals surface area contributed by atoms with Gasteiger partial charge in [0.2, 0.25) is 0 Å². The number of rotatable bonds is 3. The van der Waals surface area contributed by atoms with E-state index in [0.29, 0.717) is 11.4 Å². The Labute approximate surface area is 126 Å². The van der Waals surface area contributed by atoms with Gasteiger partial charge >= 0.3 is 0 Å². The third kappa shape index (κ3) is 3.38. The Morgan fingerprint density at radius 1 is 1.11 bits per heavy atom. The van der Waals surface area contributed by atoms with Crippen LogP contribution >= 0.6 is 22.6 Å². The van der Waals surface area contributed by atoms with Crippen molar-refractivity contribution in [1.82, 2.24) is 0 Å². The highest BCUT2D eigenvalue weighted by Crippen LogP contribution is 2.20. The van der Waals surface area contributed by atoms with Crippen LogP contribution in [0.1, 0.15) is 5.56 Å². The minimum Gasteiger partial charge on any atom is -0.399 e.